The summed E-state index contributed by atoms with van der Waals surface area (Å²) in [6.45, 7) is 10.2. The molecular formula is C15H22N2O4S. The van der Waals surface area contributed by atoms with Gasteiger partial charge in [0.2, 0.25) is 5.91 Å². The minimum atomic E-state index is -0.616. The predicted octanol–water partition coefficient (Wildman–Crippen LogP) is 2.39. The molecule has 2 amide bonds. The van der Waals surface area contributed by atoms with E-state index in [0.717, 1.165) is 10.4 Å². The van der Waals surface area contributed by atoms with Crippen LogP contribution in [0.15, 0.2) is 0 Å². The summed E-state index contributed by atoms with van der Waals surface area (Å²) in [4.78, 5) is 36.0. The van der Waals surface area contributed by atoms with Crippen LogP contribution in [0.25, 0.3) is 0 Å². The number of ether oxygens (including phenoxy) is 1. The minimum absolute atomic E-state index is 0.263. The van der Waals surface area contributed by atoms with Crippen LogP contribution in [0.2, 0.25) is 0 Å². The molecule has 7 heteroatoms. The molecule has 0 bridgehead atoms. The molecular weight excluding hydrogens is 304 g/mol. The molecule has 1 aromatic rings. The van der Waals surface area contributed by atoms with Crippen LogP contribution in [0.5, 0.6) is 0 Å². The van der Waals surface area contributed by atoms with Gasteiger partial charge in [0.1, 0.15) is 5.00 Å². The Hall–Kier alpha value is -1.89. The van der Waals surface area contributed by atoms with Crippen molar-refractivity contribution in [3.8, 4) is 0 Å². The standard InChI is InChI=1S/C15H22N2O4S/c1-8-9(2)22-13(16-10(3)18)12(8)14(20)21-7-11(19)17-15(4,5)6/h7H2,1-6H3,(H,16,18)(H,17,19). The fraction of sp³-hybridized carbons (Fsp3) is 0.533. The van der Waals surface area contributed by atoms with Gasteiger partial charge in [-0.15, -0.1) is 11.3 Å². The van der Waals surface area contributed by atoms with Gasteiger partial charge in [-0.1, -0.05) is 0 Å². The molecule has 22 heavy (non-hydrogen) atoms. The largest absolute Gasteiger partial charge is 0.452 e. The number of thiophene rings is 1. The SMILES string of the molecule is CC(=O)Nc1sc(C)c(C)c1C(=O)OCC(=O)NC(C)(C)C. The Morgan fingerprint density at radius 1 is 1.18 bits per heavy atom. The molecule has 1 aromatic heterocycles. The zero-order chi connectivity index (χ0) is 17.1. The number of carbonyl (C=O) groups excluding carboxylic acids is 3. The summed E-state index contributed by atoms with van der Waals surface area (Å²) < 4.78 is 5.06. The fourth-order valence-electron chi connectivity index (χ4n) is 1.78. The van der Waals surface area contributed by atoms with E-state index in [9.17, 15) is 14.4 Å². The molecule has 6 nitrogen and oxygen atoms in total. The Labute approximate surface area is 134 Å². The first-order valence-electron chi connectivity index (χ1n) is 6.87. The highest BCUT2D eigenvalue weighted by molar-refractivity contribution is 7.16. The van der Waals surface area contributed by atoms with Crippen molar-refractivity contribution in [2.24, 2.45) is 0 Å². The highest BCUT2D eigenvalue weighted by atomic mass is 32.1. The van der Waals surface area contributed by atoms with E-state index in [-0.39, 0.29) is 24.0 Å². The average Bonchev–Trinajstić information content (AvgIpc) is 2.59. The molecule has 1 rings (SSSR count). The van der Waals surface area contributed by atoms with Crippen LogP contribution in [0, 0.1) is 13.8 Å². The van der Waals surface area contributed by atoms with Gasteiger partial charge >= 0.3 is 5.97 Å². The van der Waals surface area contributed by atoms with Crippen molar-refractivity contribution >= 4 is 34.1 Å². The van der Waals surface area contributed by atoms with Crippen molar-refractivity contribution in [2.45, 2.75) is 47.1 Å². The van der Waals surface area contributed by atoms with E-state index in [1.165, 1.54) is 18.3 Å². The second kappa shape index (κ2) is 6.91. The average molecular weight is 326 g/mol. The summed E-state index contributed by atoms with van der Waals surface area (Å²) in [5, 5.41) is 5.78. The second-order valence-electron chi connectivity index (χ2n) is 6.04. The third-order valence-electron chi connectivity index (χ3n) is 2.73. The number of aryl methyl sites for hydroxylation is 1. The lowest BCUT2D eigenvalue weighted by Gasteiger charge is -2.20. The second-order valence-corrected chi connectivity index (χ2v) is 7.27. The monoisotopic (exact) mass is 326 g/mol. The normalized spacial score (nSPS) is 11.0. The Morgan fingerprint density at radius 3 is 2.27 bits per heavy atom. The molecule has 0 radical (unpaired) electrons. The van der Waals surface area contributed by atoms with Gasteiger partial charge in [-0.25, -0.2) is 4.79 Å². The van der Waals surface area contributed by atoms with Crippen LogP contribution < -0.4 is 10.6 Å². The Balaban J connectivity index is 2.81. The van der Waals surface area contributed by atoms with Crippen LogP contribution >= 0.6 is 11.3 Å². The van der Waals surface area contributed by atoms with Crippen LogP contribution in [0.1, 0.15) is 48.5 Å². The maximum Gasteiger partial charge on any atom is 0.341 e. The van der Waals surface area contributed by atoms with Gasteiger partial charge in [0, 0.05) is 17.3 Å². The van der Waals surface area contributed by atoms with Crippen molar-refractivity contribution in [3.63, 3.8) is 0 Å². The van der Waals surface area contributed by atoms with Crippen LogP contribution in [-0.4, -0.2) is 29.9 Å². The first kappa shape index (κ1) is 18.2. The van der Waals surface area contributed by atoms with Gasteiger partial charge in [0.25, 0.3) is 5.91 Å². The molecule has 2 N–H and O–H groups in total. The number of rotatable bonds is 4. The molecule has 1 heterocycles. The highest BCUT2D eigenvalue weighted by Crippen LogP contribution is 2.32. The summed E-state index contributed by atoms with van der Waals surface area (Å²) in [5.41, 5.74) is 0.663. The predicted molar refractivity (Wildman–Crippen MR) is 86.3 cm³/mol. The quantitative estimate of drug-likeness (QED) is 0.832. The van der Waals surface area contributed by atoms with Crippen molar-refractivity contribution in [1.82, 2.24) is 5.32 Å². The molecule has 0 saturated carbocycles. The van der Waals surface area contributed by atoms with E-state index in [2.05, 4.69) is 10.6 Å². The number of amides is 2. The fourth-order valence-corrected chi connectivity index (χ4v) is 2.87. The summed E-state index contributed by atoms with van der Waals surface area (Å²) >= 11 is 1.31. The van der Waals surface area contributed by atoms with E-state index in [1.807, 2.05) is 27.7 Å². The maximum absolute atomic E-state index is 12.2. The van der Waals surface area contributed by atoms with Crippen LogP contribution in [0.4, 0.5) is 5.00 Å². The third kappa shape index (κ3) is 5.14. The van der Waals surface area contributed by atoms with E-state index >= 15 is 0 Å². The van der Waals surface area contributed by atoms with Gasteiger partial charge in [-0.2, -0.15) is 0 Å². The van der Waals surface area contributed by atoms with Crippen molar-refractivity contribution < 1.29 is 19.1 Å². The lowest BCUT2D eigenvalue weighted by Crippen LogP contribution is -2.42. The van der Waals surface area contributed by atoms with E-state index in [4.69, 9.17) is 4.74 Å². The smallest absolute Gasteiger partial charge is 0.341 e. The number of carbonyl (C=O) groups is 3. The first-order valence-corrected chi connectivity index (χ1v) is 7.68. The van der Waals surface area contributed by atoms with Gasteiger partial charge in [0.15, 0.2) is 6.61 Å². The number of esters is 1. The zero-order valence-corrected chi connectivity index (χ0v) is 14.6. The molecule has 0 unspecified atom stereocenters. The number of anilines is 1. The topological polar surface area (TPSA) is 84.5 Å². The molecule has 0 aliphatic carbocycles. The summed E-state index contributed by atoms with van der Waals surface area (Å²) in [7, 11) is 0. The van der Waals surface area contributed by atoms with Crippen LogP contribution in [-0.2, 0) is 14.3 Å². The zero-order valence-electron chi connectivity index (χ0n) is 13.7. The van der Waals surface area contributed by atoms with E-state index in [0.29, 0.717) is 10.6 Å². The van der Waals surface area contributed by atoms with Gasteiger partial charge < -0.3 is 15.4 Å². The number of nitrogens with one attached hydrogen (secondary N) is 2. The van der Waals surface area contributed by atoms with Gasteiger partial charge in [-0.3, -0.25) is 9.59 Å². The summed E-state index contributed by atoms with van der Waals surface area (Å²) in [6, 6.07) is 0. The lowest BCUT2D eigenvalue weighted by atomic mass is 10.1. The molecule has 0 spiro atoms. The third-order valence-corrected chi connectivity index (χ3v) is 3.85. The molecule has 0 atom stereocenters. The summed E-state index contributed by atoms with van der Waals surface area (Å²) in [5.74, 6) is -1.25. The van der Waals surface area contributed by atoms with E-state index < -0.39 is 5.97 Å². The van der Waals surface area contributed by atoms with Crippen molar-refractivity contribution in [2.75, 3.05) is 11.9 Å². The summed E-state index contributed by atoms with van der Waals surface area (Å²) in [6.07, 6.45) is 0. The maximum atomic E-state index is 12.2. The Kier molecular flexibility index (Phi) is 5.71. The van der Waals surface area contributed by atoms with Crippen LogP contribution in [0.3, 0.4) is 0 Å². The highest BCUT2D eigenvalue weighted by Gasteiger charge is 2.23. The van der Waals surface area contributed by atoms with Crippen molar-refractivity contribution in [1.29, 1.82) is 0 Å². The number of hydrogen-bond acceptors (Lipinski definition) is 5. The van der Waals surface area contributed by atoms with E-state index in [1.54, 1.807) is 6.92 Å². The minimum Gasteiger partial charge on any atom is -0.452 e. The molecule has 0 aromatic carbocycles. The van der Waals surface area contributed by atoms with Gasteiger partial charge in [0.05, 0.1) is 5.56 Å². The van der Waals surface area contributed by atoms with Gasteiger partial charge in [-0.05, 0) is 40.2 Å². The Morgan fingerprint density at radius 2 is 1.77 bits per heavy atom. The first-order chi connectivity index (χ1) is 10.0. The Bertz CT molecular complexity index is 599. The molecule has 0 fully saturated rings. The molecule has 122 valence electrons. The molecule has 0 aliphatic heterocycles. The van der Waals surface area contributed by atoms with Crippen molar-refractivity contribution in [3.05, 3.63) is 16.0 Å². The molecule has 0 saturated heterocycles. The number of hydrogen-bond donors (Lipinski definition) is 2. The lowest BCUT2D eigenvalue weighted by molar-refractivity contribution is -0.125. The molecule has 0 aliphatic rings.